The smallest absolute Gasteiger partial charge is 0.230 e. The number of nitrogens with zero attached hydrogens (tertiary/aromatic N) is 1. The molecule has 2 saturated heterocycles. The molecule has 3 N–H and O–H groups in total. The lowest BCUT2D eigenvalue weighted by Gasteiger charge is -2.58. The molecule has 0 aromatic heterocycles. The zero-order chi connectivity index (χ0) is 18.8. The van der Waals surface area contributed by atoms with Gasteiger partial charge in [0, 0.05) is 23.7 Å². The number of hydrogen-bond acceptors (Lipinski definition) is 4. The molecule has 1 aromatic rings. The van der Waals surface area contributed by atoms with E-state index in [-0.39, 0.29) is 42.2 Å². The van der Waals surface area contributed by atoms with E-state index in [1.165, 1.54) is 6.07 Å². The molecule has 1 amide bonds. The number of carbonyl (C=O) groups excluding carboxylic acids is 1. The maximum atomic E-state index is 14.0. The maximum absolute atomic E-state index is 14.0. The third-order valence-corrected chi connectivity index (χ3v) is 6.39. The van der Waals surface area contributed by atoms with Crippen LogP contribution in [-0.4, -0.2) is 41.7 Å². The van der Waals surface area contributed by atoms with Gasteiger partial charge in [-0.2, -0.15) is 0 Å². The van der Waals surface area contributed by atoms with Crippen LogP contribution in [0.4, 0.5) is 4.39 Å². The average molecular weight is 367 g/mol. The molecule has 4 atom stereocenters. The highest BCUT2D eigenvalue weighted by molar-refractivity contribution is 5.85. The SMILES string of the molecule is CC12C3=CC=CC1C(=O)N[C@H](C1=Cc4cccc(F)c4OC1)N2CC[C@@H]3N. The first kappa shape index (κ1) is 16.7. The molecule has 3 aliphatic heterocycles. The number of amides is 1. The fraction of sp³-hybridized carbons (Fsp3) is 0.381. The van der Waals surface area contributed by atoms with Gasteiger partial charge in [0.1, 0.15) is 12.8 Å². The van der Waals surface area contributed by atoms with Crippen molar-refractivity contribution in [1.82, 2.24) is 10.2 Å². The molecule has 0 saturated carbocycles. The van der Waals surface area contributed by atoms with Gasteiger partial charge >= 0.3 is 0 Å². The minimum Gasteiger partial charge on any atom is -0.485 e. The summed E-state index contributed by atoms with van der Waals surface area (Å²) in [7, 11) is 0. The van der Waals surface area contributed by atoms with E-state index in [4.69, 9.17) is 10.5 Å². The van der Waals surface area contributed by atoms with E-state index in [0.717, 1.165) is 24.1 Å². The number of rotatable bonds is 1. The predicted molar refractivity (Wildman–Crippen MR) is 100 cm³/mol. The van der Waals surface area contributed by atoms with Crippen LogP contribution in [0.25, 0.3) is 6.08 Å². The highest BCUT2D eigenvalue weighted by Gasteiger charge is 2.56. The molecular weight excluding hydrogens is 345 g/mol. The van der Waals surface area contributed by atoms with Gasteiger partial charge in [0.15, 0.2) is 11.6 Å². The van der Waals surface area contributed by atoms with Crippen molar-refractivity contribution in [2.45, 2.75) is 31.1 Å². The number of fused-ring (bicyclic) bond motifs is 1. The van der Waals surface area contributed by atoms with Gasteiger partial charge in [-0.05, 0) is 31.1 Å². The Labute approximate surface area is 157 Å². The molecule has 140 valence electrons. The fourth-order valence-electron chi connectivity index (χ4n) is 5.00. The fourth-order valence-corrected chi connectivity index (χ4v) is 5.00. The zero-order valence-electron chi connectivity index (χ0n) is 15.1. The molecule has 6 heteroatoms. The monoisotopic (exact) mass is 367 g/mol. The molecule has 0 radical (unpaired) electrons. The van der Waals surface area contributed by atoms with E-state index in [0.29, 0.717) is 5.56 Å². The van der Waals surface area contributed by atoms with E-state index < -0.39 is 5.54 Å². The van der Waals surface area contributed by atoms with Gasteiger partial charge in [-0.15, -0.1) is 0 Å². The van der Waals surface area contributed by atoms with Gasteiger partial charge in [0.25, 0.3) is 0 Å². The lowest BCUT2D eigenvalue weighted by Crippen LogP contribution is -2.73. The molecule has 4 aliphatic rings. The number of nitrogens with two attached hydrogens (primary N) is 1. The molecular formula is C21H22FN3O2. The molecule has 2 unspecified atom stereocenters. The third kappa shape index (κ3) is 2.26. The van der Waals surface area contributed by atoms with E-state index >= 15 is 0 Å². The van der Waals surface area contributed by atoms with Crippen LogP contribution in [0.1, 0.15) is 18.9 Å². The Morgan fingerprint density at radius 3 is 3.11 bits per heavy atom. The van der Waals surface area contributed by atoms with Gasteiger partial charge in [0.2, 0.25) is 5.91 Å². The van der Waals surface area contributed by atoms with Crippen LogP contribution in [-0.2, 0) is 4.79 Å². The number of carbonyl (C=O) groups is 1. The first-order valence-electron chi connectivity index (χ1n) is 9.33. The molecule has 0 bridgehead atoms. The van der Waals surface area contributed by atoms with Crippen molar-refractivity contribution in [2.75, 3.05) is 13.2 Å². The van der Waals surface area contributed by atoms with Crippen LogP contribution in [0.2, 0.25) is 0 Å². The van der Waals surface area contributed by atoms with Crippen LogP contribution in [0.5, 0.6) is 5.75 Å². The Balaban J connectivity index is 1.58. The summed E-state index contributed by atoms with van der Waals surface area (Å²) in [5.41, 5.74) is 8.65. The van der Waals surface area contributed by atoms with Gasteiger partial charge in [-0.1, -0.05) is 30.4 Å². The van der Waals surface area contributed by atoms with Gasteiger partial charge in [-0.25, -0.2) is 4.39 Å². The second-order valence-corrected chi connectivity index (χ2v) is 7.80. The molecule has 5 nitrogen and oxygen atoms in total. The standard InChI is InChI=1S/C21H22FN3O2/c1-21-14-5-3-6-15(21)20(26)24-19(25(21)9-8-17(14)23)13-10-12-4-2-7-16(22)18(12)27-11-13/h2-7,10,15,17,19H,8-9,11,23H2,1H3,(H,24,26)/t15?,17-,19-,21?/m0/s1. The predicted octanol–water partition coefficient (Wildman–Crippen LogP) is 1.96. The lowest BCUT2D eigenvalue weighted by molar-refractivity contribution is -0.138. The number of halogens is 1. The van der Waals surface area contributed by atoms with E-state index in [1.54, 1.807) is 6.07 Å². The Kier molecular flexibility index (Phi) is 3.58. The summed E-state index contributed by atoms with van der Waals surface area (Å²) in [5, 5.41) is 3.15. The Hall–Kier alpha value is -2.44. The third-order valence-electron chi connectivity index (χ3n) is 6.39. The Morgan fingerprint density at radius 2 is 2.26 bits per heavy atom. The van der Waals surface area contributed by atoms with Crippen LogP contribution in [0.3, 0.4) is 0 Å². The second kappa shape index (κ2) is 5.78. The molecule has 5 rings (SSSR count). The highest BCUT2D eigenvalue weighted by atomic mass is 19.1. The average Bonchev–Trinajstić information content (AvgIpc) is 2.65. The largest absolute Gasteiger partial charge is 0.485 e. The van der Waals surface area contributed by atoms with E-state index in [2.05, 4.69) is 23.2 Å². The summed E-state index contributed by atoms with van der Waals surface area (Å²) in [6, 6.07) is 4.84. The highest BCUT2D eigenvalue weighted by Crippen LogP contribution is 2.46. The minimum absolute atomic E-state index is 0.0133. The Bertz CT molecular complexity index is 922. The van der Waals surface area contributed by atoms with Crippen molar-refractivity contribution < 1.29 is 13.9 Å². The van der Waals surface area contributed by atoms with Crippen molar-refractivity contribution >= 4 is 12.0 Å². The molecule has 0 spiro atoms. The molecule has 3 heterocycles. The molecule has 27 heavy (non-hydrogen) atoms. The first-order valence-corrected chi connectivity index (χ1v) is 9.33. The molecule has 2 fully saturated rings. The van der Waals surface area contributed by atoms with Crippen LogP contribution >= 0.6 is 0 Å². The van der Waals surface area contributed by atoms with Crippen molar-refractivity contribution in [3.8, 4) is 5.75 Å². The van der Waals surface area contributed by atoms with E-state index in [9.17, 15) is 9.18 Å². The first-order chi connectivity index (χ1) is 13.0. The summed E-state index contributed by atoms with van der Waals surface area (Å²) >= 11 is 0. The molecule has 1 aliphatic carbocycles. The topological polar surface area (TPSA) is 67.6 Å². The van der Waals surface area contributed by atoms with Crippen molar-refractivity contribution in [3.63, 3.8) is 0 Å². The second-order valence-electron chi connectivity index (χ2n) is 7.80. The van der Waals surface area contributed by atoms with Gasteiger partial charge < -0.3 is 15.8 Å². The van der Waals surface area contributed by atoms with Crippen molar-refractivity contribution in [2.24, 2.45) is 11.7 Å². The van der Waals surface area contributed by atoms with Gasteiger partial charge in [-0.3, -0.25) is 9.69 Å². The summed E-state index contributed by atoms with van der Waals surface area (Å²) in [6.07, 6.45) is 8.42. The lowest BCUT2D eigenvalue weighted by atomic mass is 9.67. The number of benzene rings is 1. The summed E-state index contributed by atoms with van der Waals surface area (Å²) in [5.74, 6) is -0.376. The van der Waals surface area contributed by atoms with Crippen LogP contribution in [0.15, 0.2) is 47.6 Å². The quantitative estimate of drug-likeness (QED) is 0.796. The van der Waals surface area contributed by atoms with E-state index in [1.807, 2.05) is 24.3 Å². The van der Waals surface area contributed by atoms with Crippen LogP contribution in [0, 0.1) is 11.7 Å². The van der Waals surface area contributed by atoms with Crippen molar-refractivity contribution in [3.05, 3.63) is 59.0 Å². The number of hydrogen-bond donors (Lipinski definition) is 2. The number of allylic oxidation sites excluding steroid dienone is 2. The molecule has 1 aromatic carbocycles. The number of para-hydroxylation sites is 1. The summed E-state index contributed by atoms with van der Waals surface area (Å²) in [6.45, 7) is 3.13. The normalized spacial score (nSPS) is 34.6. The van der Waals surface area contributed by atoms with Gasteiger partial charge in [0.05, 0.1) is 11.5 Å². The number of nitrogens with one attached hydrogen (secondary N) is 1. The maximum Gasteiger partial charge on any atom is 0.230 e. The van der Waals surface area contributed by atoms with Crippen molar-refractivity contribution in [1.29, 1.82) is 0 Å². The zero-order valence-corrected chi connectivity index (χ0v) is 15.1. The Morgan fingerprint density at radius 1 is 1.41 bits per heavy atom. The summed E-state index contributed by atoms with van der Waals surface area (Å²) in [4.78, 5) is 15.3. The number of piperidine rings is 1. The summed E-state index contributed by atoms with van der Waals surface area (Å²) < 4.78 is 19.7. The van der Waals surface area contributed by atoms with Crippen LogP contribution < -0.4 is 15.8 Å². The number of ether oxygens (including phenoxy) is 1. The minimum atomic E-state index is -0.456.